The first-order chi connectivity index (χ1) is 8.86. The van der Waals surface area contributed by atoms with Crippen LogP contribution in [0.4, 0.5) is 0 Å². The number of nitrogens with zero attached hydrogens (tertiary/aromatic N) is 1. The molecule has 2 saturated heterocycles. The molecule has 98 valence electrons. The lowest BCUT2D eigenvalue weighted by Crippen LogP contribution is -2.57. The van der Waals surface area contributed by atoms with Crippen LogP contribution in [-0.2, 0) is 11.3 Å². The van der Waals surface area contributed by atoms with Gasteiger partial charge in [-0.2, -0.15) is 0 Å². The average molecular weight is 246 g/mol. The van der Waals surface area contributed by atoms with Gasteiger partial charge in [0.1, 0.15) is 5.72 Å². The molecule has 3 heteroatoms. The fourth-order valence-corrected chi connectivity index (χ4v) is 2.94. The first-order valence-electron chi connectivity index (χ1n) is 7.02. The Morgan fingerprint density at radius 1 is 1.17 bits per heavy atom. The molecule has 18 heavy (non-hydrogen) atoms. The van der Waals surface area contributed by atoms with E-state index in [9.17, 15) is 0 Å². The van der Waals surface area contributed by atoms with Crippen molar-refractivity contribution in [1.29, 1.82) is 0 Å². The molecule has 0 aromatic heterocycles. The highest BCUT2D eigenvalue weighted by molar-refractivity contribution is 5.14. The Morgan fingerprint density at radius 2 is 1.94 bits per heavy atom. The minimum Gasteiger partial charge on any atom is -0.360 e. The molecule has 2 fully saturated rings. The minimum absolute atomic E-state index is 0.00849. The minimum atomic E-state index is -0.00849. The molecule has 2 aliphatic rings. The lowest BCUT2D eigenvalue weighted by molar-refractivity contribution is -0.127. The Balaban J connectivity index is 1.54. The molecule has 1 N–H and O–H groups in total. The maximum atomic E-state index is 5.97. The Hall–Kier alpha value is -0.900. The number of rotatable bonds is 2. The van der Waals surface area contributed by atoms with Gasteiger partial charge in [0.2, 0.25) is 0 Å². The van der Waals surface area contributed by atoms with Crippen molar-refractivity contribution in [3.8, 4) is 0 Å². The second-order valence-electron chi connectivity index (χ2n) is 5.38. The molecule has 0 aliphatic carbocycles. The topological polar surface area (TPSA) is 24.5 Å². The van der Waals surface area contributed by atoms with Gasteiger partial charge in [-0.05, 0) is 18.5 Å². The van der Waals surface area contributed by atoms with Gasteiger partial charge in [0.25, 0.3) is 0 Å². The summed E-state index contributed by atoms with van der Waals surface area (Å²) >= 11 is 0. The van der Waals surface area contributed by atoms with Crippen LogP contribution in [0, 0.1) is 0 Å². The molecular weight excluding hydrogens is 224 g/mol. The Labute approximate surface area is 109 Å². The predicted molar refractivity (Wildman–Crippen MR) is 72.3 cm³/mol. The average Bonchev–Trinajstić information content (AvgIpc) is 2.44. The molecule has 0 unspecified atom stereocenters. The molecule has 0 atom stereocenters. The highest BCUT2D eigenvalue weighted by Gasteiger charge is 2.36. The highest BCUT2D eigenvalue weighted by Crippen LogP contribution is 2.26. The van der Waals surface area contributed by atoms with E-state index in [2.05, 4.69) is 40.5 Å². The third kappa shape index (κ3) is 2.74. The molecule has 2 aliphatic heterocycles. The van der Waals surface area contributed by atoms with Crippen LogP contribution in [0.5, 0.6) is 0 Å². The summed E-state index contributed by atoms with van der Waals surface area (Å²) in [7, 11) is 0. The van der Waals surface area contributed by atoms with Crippen LogP contribution < -0.4 is 5.32 Å². The molecule has 1 aromatic carbocycles. The van der Waals surface area contributed by atoms with Crippen molar-refractivity contribution < 1.29 is 4.74 Å². The van der Waals surface area contributed by atoms with Gasteiger partial charge in [-0.1, -0.05) is 30.3 Å². The molecule has 1 spiro atoms. The molecule has 0 bridgehead atoms. The zero-order chi connectivity index (χ0) is 12.3. The number of piperidine rings is 1. The van der Waals surface area contributed by atoms with Gasteiger partial charge in [0.15, 0.2) is 0 Å². The third-order valence-electron chi connectivity index (χ3n) is 4.06. The number of nitrogens with one attached hydrogen (secondary N) is 1. The number of hydrogen-bond donors (Lipinski definition) is 1. The largest absolute Gasteiger partial charge is 0.360 e. The van der Waals surface area contributed by atoms with Crippen LogP contribution in [0.15, 0.2) is 30.3 Å². The van der Waals surface area contributed by atoms with Crippen LogP contribution in [0.25, 0.3) is 0 Å². The molecule has 0 radical (unpaired) electrons. The van der Waals surface area contributed by atoms with Crippen LogP contribution in [0.3, 0.4) is 0 Å². The molecular formula is C15H22N2O. The van der Waals surface area contributed by atoms with E-state index in [-0.39, 0.29) is 5.72 Å². The summed E-state index contributed by atoms with van der Waals surface area (Å²) in [6, 6.07) is 10.7. The summed E-state index contributed by atoms with van der Waals surface area (Å²) in [5.41, 5.74) is 1.40. The van der Waals surface area contributed by atoms with E-state index in [1.54, 1.807) is 0 Å². The summed E-state index contributed by atoms with van der Waals surface area (Å²) < 4.78 is 5.97. The SMILES string of the molecule is c1ccc(CN2CCC3(CC2)NCCCO3)cc1. The normalized spacial score (nSPS) is 24.2. The van der Waals surface area contributed by atoms with Crippen molar-refractivity contribution >= 4 is 0 Å². The van der Waals surface area contributed by atoms with Gasteiger partial charge in [-0.15, -0.1) is 0 Å². The quantitative estimate of drug-likeness (QED) is 0.863. The summed E-state index contributed by atoms with van der Waals surface area (Å²) in [6.07, 6.45) is 3.37. The van der Waals surface area contributed by atoms with Crippen LogP contribution in [0.1, 0.15) is 24.8 Å². The van der Waals surface area contributed by atoms with E-state index >= 15 is 0 Å². The van der Waals surface area contributed by atoms with Gasteiger partial charge in [-0.3, -0.25) is 10.2 Å². The number of likely N-dealkylation sites (tertiary alicyclic amines) is 1. The molecule has 0 saturated carbocycles. The van der Waals surface area contributed by atoms with Gasteiger partial charge in [0, 0.05) is 32.5 Å². The second kappa shape index (κ2) is 5.39. The molecule has 0 amide bonds. The van der Waals surface area contributed by atoms with Crippen LogP contribution >= 0.6 is 0 Å². The van der Waals surface area contributed by atoms with E-state index in [4.69, 9.17) is 4.74 Å². The fourth-order valence-electron chi connectivity index (χ4n) is 2.94. The number of benzene rings is 1. The van der Waals surface area contributed by atoms with Crippen molar-refractivity contribution in [1.82, 2.24) is 10.2 Å². The van der Waals surface area contributed by atoms with Gasteiger partial charge in [0.05, 0.1) is 6.61 Å². The summed E-state index contributed by atoms with van der Waals surface area (Å²) in [4.78, 5) is 2.53. The van der Waals surface area contributed by atoms with Crippen molar-refractivity contribution in [2.24, 2.45) is 0 Å². The molecule has 3 nitrogen and oxygen atoms in total. The first kappa shape index (κ1) is 12.2. The van der Waals surface area contributed by atoms with E-state index in [0.717, 1.165) is 52.0 Å². The Bertz CT molecular complexity index is 363. The summed E-state index contributed by atoms with van der Waals surface area (Å²) in [6.45, 7) is 5.35. The predicted octanol–water partition coefficient (Wildman–Crippen LogP) is 1.99. The van der Waals surface area contributed by atoms with E-state index < -0.39 is 0 Å². The van der Waals surface area contributed by atoms with Crippen molar-refractivity contribution in [3.05, 3.63) is 35.9 Å². The van der Waals surface area contributed by atoms with Gasteiger partial charge in [-0.25, -0.2) is 0 Å². The summed E-state index contributed by atoms with van der Waals surface area (Å²) in [5.74, 6) is 0. The Kier molecular flexibility index (Phi) is 3.64. The summed E-state index contributed by atoms with van der Waals surface area (Å²) in [5, 5.41) is 3.57. The zero-order valence-corrected chi connectivity index (χ0v) is 10.9. The second-order valence-corrected chi connectivity index (χ2v) is 5.38. The Morgan fingerprint density at radius 3 is 2.61 bits per heavy atom. The standard InChI is InChI=1S/C15H22N2O/c1-2-5-14(6-3-1)13-17-10-7-15(8-11-17)16-9-4-12-18-15/h1-3,5-6,16H,4,7-13H2. The monoisotopic (exact) mass is 246 g/mol. The smallest absolute Gasteiger partial charge is 0.121 e. The van der Waals surface area contributed by atoms with E-state index in [1.165, 1.54) is 5.56 Å². The lowest BCUT2D eigenvalue weighted by Gasteiger charge is -2.44. The number of hydrogen-bond acceptors (Lipinski definition) is 3. The first-order valence-corrected chi connectivity index (χ1v) is 7.02. The van der Waals surface area contributed by atoms with Crippen LogP contribution in [-0.4, -0.2) is 36.9 Å². The van der Waals surface area contributed by atoms with Crippen molar-refractivity contribution in [2.75, 3.05) is 26.2 Å². The van der Waals surface area contributed by atoms with Crippen molar-refractivity contribution in [3.63, 3.8) is 0 Å². The third-order valence-corrected chi connectivity index (χ3v) is 4.06. The molecule has 3 rings (SSSR count). The van der Waals surface area contributed by atoms with E-state index in [0.29, 0.717) is 0 Å². The van der Waals surface area contributed by atoms with E-state index in [1.807, 2.05) is 0 Å². The lowest BCUT2D eigenvalue weighted by atomic mass is 9.98. The molecule has 1 aromatic rings. The molecule has 2 heterocycles. The van der Waals surface area contributed by atoms with Gasteiger partial charge >= 0.3 is 0 Å². The number of ether oxygens (including phenoxy) is 1. The van der Waals surface area contributed by atoms with Crippen molar-refractivity contribution in [2.45, 2.75) is 31.5 Å². The maximum Gasteiger partial charge on any atom is 0.121 e. The van der Waals surface area contributed by atoms with Crippen LogP contribution in [0.2, 0.25) is 0 Å². The maximum absolute atomic E-state index is 5.97. The van der Waals surface area contributed by atoms with Gasteiger partial charge < -0.3 is 4.74 Å². The zero-order valence-electron chi connectivity index (χ0n) is 10.9. The highest BCUT2D eigenvalue weighted by atomic mass is 16.5. The fraction of sp³-hybridized carbons (Fsp3) is 0.600.